The smallest absolute Gasteiger partial charge is 0.331 e. The molecule has 1 aromatic carbocycles. The molecule has 0 amide bonds. The number of carbonyl (C=O) groups is 2. The van der Waals surface area contributed by atoms with Crippen molar-refractivity contribution >= 4 is 18.0 Å². The van der Waals surface area contributed by atoms with Gasteiger partial charge in [0.1, 0.15) is 6.10 Å². The Bertz CT molecular complexity index is 1480. The molecule has 10 atom stereocenters. The highest BCUT2D eigenvalue weighted by molar-refractivity contribution is 5.87. The van der Waals surface area contributed by atoms with Gasteiger partial charge in [-0.1, -0.05) is 52.8 Å². The van der Waals surface area contributed by atoms with Crippen LogP contribution in [-0.2, 0) is 14.3 Å². The van der Waals surface area contributed by atoms with Crippen LogP contribution < -0.4 is 9.47 Å². The molecule has 0 saturated heterocycles. The fraction of sp³-hybridized carbons (Fsp3) is 0.700. The van der Waals surface area contributed by atoms with Gasteiger partial charge < -0.3 is 19.3 Å². The summed E-state index contributed by atoms with van der Waals surface area (Å²) >= 11 is 0. The Morgan fingerprint density at radius 1 is 0.891 bits per heavy atom. The van der Waals surface area contributed by atoms with Gasteiger partial charge in [-0.25, -0.2) is 4.79 Å². The van der Waals surface area contributed by atoms with Crippen molar-refractivity contribution in [3.63, 3.8) is 0 Å². The highest BCUT2D eigenvalue weighted by Gasteiger charge is 2.72. The second kappa shape index (κ2) is 10.6. The molecule has 1 heterocycles. The van der Waals surface area contributed by atoms with E-state index in [-0.39, 0.29) is 46.4 Å². The lowest BCUT2D eigenvalue weighted by molar-refractivity contribution is -0.250. The number of hydrogen-bond donors (Lipinski definition) is 1. The summed E-state index contributed by atoms with van der Waals surface area (Å²) in [6.45, 7) is 19.1. The number of carbonyl (C=O) groups excluding carboxylic acids is 1. The van der Waals surface area contributed by atoms with Crippen molar-refractivity contribution in [2.45, 2.75) is 112 Å². The normalized spacial score (nSPS) is 43.6. The predicted octanol–water partition coefficient (Wildman–Crippen LogP) is 9.08. The zero-order valence-corrected chi connectivity index (χ0v) is 28.8. The first-order valence-electron chi connectivity index (χ1n) is 17.8. The molecule has 250 valence electrons. The maximum Gasteiger partial charge on any atom is 0.331 e. The summed E-state index contributed by atoms with van der Waals surface area (Å²) in [5.74, 6) is 2.53. The van der Waals surface area contributed by atoms with Gasteiger partial charge in [-0.05, 0) is 141 Å². The summed E-state index contributed by atoms with van der Waals surface area (Å²) < 4.78 is 17.1. The molecule has 6 nitrogen and oxygen atoms in total. The van der Waals surface area contributed by atoms with Crippen molar-refractivity contribution in [1.82, 2.24) is 0 Å². The van der Waals surface area contributed by atoms with Gasteiger partial charge in [0.2, 0.25) is 6.79 Å². The number of ether oxygens (including phenoxy) is 3. The Morgan fingerprint density at radius 2 is 1.65 bits per heavy atom. The van der Waals surface area contributed by atoms with Crippen molar-refractivity contribution in [1.29, 1.82) is 0 Å². The third-order valence-electron chi connectivity index (χ3n) is 15.5. The van der Waals surface area contributed by atoms with Crippen molar-refractivity contribution < 1.29 is 28.9 Å². The molecule has 0 unspecified atom stereocenters. The van der Waals surface area contributed by atoms with E-state index in [1.54, 1.807) is 12.2 Å². The standard InChI is InChI=1S/C40H54O6/c1-24(2)26-14-19-40(35(42)43)21-20-38(6)27(34(26)40)10-12-31-37(5)17-16-32(36(3,4)30(37)15-18-39(31,38)7)46-33(41)13-9-25-8-11-28-29(22-25)45-23-44-28/h8-9,11,13,22,26-27,30-32,34H,1,10,12,14-21,23H2,2-7H3,(H,42,43)/b13-9+/t26-,27+,30-,31+,32-,34+,37-,38+,39+,40-/m0/s1. The summed E-state index contributed by atoms with van der Waals surface area (Å²) in [4.78, 5) is 26.1. The van der Waals surface area contributed by atoms with Crippen LogP contribution in [0.1, 0.15) is 111 Å². The lowest BCUT2D eigenvalue weighted by atomic mass is 9.32. The number of fused-ring (bicyclic) bond motifs is 8. The van der Waals surface area contributed by atoms with Gasteiger partial charge in [-0.2, -0.15) is 0 Å². The van der Waals surface area contributed by atoms with Gasteiger partial charge in [0.25, 0.3) is 0 Å². The van der Waals surface area contributed by atoms with Crippen LogP contribution in [0.25, 0.3) is 6.08 Å². The van der Waals surface area contributed by atoms with Crippen LogP contribution >= 0.6 is 0 Å². The number of allylic oxidation sites excluding steroid dienone is 1. The number of rotatable bonds is 5. The van der Waals surface area contributed by atoms with Crippen molar-refractivity contribution in [2.75, 3.05) is 6.79 Å². The van der Waals surface area contributed by atoms with Gasteiger partial charge in [-0.3, -0.25) is 4.79 Å². The minimum atomic E-state index is -0.584. The molecule has 0 bridgehead atoms. The second-order valence-corrected chi connectivity index (χ2v) is 17.4. The van der Waals surface area contributed by atoms with Crippen molar-refractivity contribution in [3.8, 4) is 11.5 Å². The SMILES string of the molecule is C=C(C)[C@@H]1CC[C@]2(C(=O)O)CC[C@]3(C)[C@H](CC[C@@H]4[C@@]5(C)CC[C@H](OC(=O)/C=C/c6ccc7c(c6)OCO7)C(C)(C)[C@@H]5CC[C@]43C)[C@@H]12. The van der Waals surface area contributed by atoms with E-state index in [1.165, 1.54) is 5.57 Å². The van der Waals surface area contributed by atoms with Crippen LogP contribution in [-0.4, -0.2) is 29.9 Å². The molecule has 1 aromatic rings. The average molecular weight is 631 g/mol. The first-order chi connectivity index (χ1) is 21.7. The Labute approximate surface area is 275 Å². The molecule has 1 aliphatic heterocycles. The Kier molecular flexibility index (Phi) is 7.35. The summed E-state index contributed by atoms with van der Waals surface area (Å²) in [7, 11) is 0. The summed E-state index contributed by atoms with van der Waals surface area (Å²) in [6.07, 6.45) is 13.3. The monoisotopic (exact) mass is 630 g/mol. The first-order valence-corrected chi connectivity index (χ1v) is 17.8. The maximum atomic E-state index is 13.2. The Balaban J connectivity index is 1.11. The molecule has 5 aliphatic carbocycles. The topological polar surface area (TPSA) is 82.1 Å². The molecule has 0 radical (unpaired) electrons. The molecule has 0 aromatic heterocycles. The van der Waals surface area contributed by atoms with Gasteiger partial charge in [0.15, 0.2) is 11.5 Å². The number of hydrogen-bond acceptors (Lipinski definition) is 5. The third-order valence-corrected chi connectivity index (χ3v) is 15.5. The largest absolute Gasteiger partial charge is 0.481 e. The summed E-state index contributed by atoms with van der Waals surface area (Å²) in [6, 6.07) is 5.67. The van der Waals surface area contributed by atoms with Crippen LogP contribution in [0.4, 0.5) is 0 Å². The third kappa shape index (κ3) is 4.33. The van der Waals surface area contributed by atoms with Gasteiger partial charge >= 0.3 is 11.9 Å². The predicted molar refractivity (Wildman–Crippen MR) is 178 cm³/mol. The van der Waals surface area contributed by atoms with E-state index < -0.39 is 11.4 Å². The molecule has 46 heavy (non-hydrogen) atoms. The number of esters is 1. The Morgan fingerprint density at radius 3 is 2.39 bits per heavy atom. The van der Waals surface area contributed by atoms with Crippen LogP contribution in [0.2, 0.25) is 0 Å². The molecule has 0 spiro atoms. The number of aliphatic carboxylic acids is 1. The zero-order valence-electron chi connectivity index (χ0n) is 28.8. The van der Waals surface area contributed by atoms with Gasteiger partial charge in [0, 0.05) is 11.5 Å². The van der Waals surface area contributed by atoms with Crippen molar-refractivity contribution in [3.05, 3.63) is 42.0 Å². The summed E-state index contributed by atoms with van der Waals surface area (Å²) in [5.41, 5.74) is 1.75. The highest BCUT2D eigenvalue weighted by atomic mass is 16.7. The minimum Gasteiger partial charge on any atom is -0.481 e. The van der Waals surface area contributed by atoms with Crippen LogP contribution in [0.15, 0.2) is 36.4 Å². The minimum absolute atomic E-state index is 0.110. The van der Waals surface area contributed by atoms with E-state index in [4.69, 9.17) is 14.2 Å². The van der Waals surface area contributed by atoms with E-state index in [9.17, 15) is 14.7 Å². The lowest BCUT2D eigenvalue weighted by Crippen LogP contribution is -2.67. The molecular formula is C40H54O6. The lowest BCUT2D eigenvalue weighted by Gasteiger charge is -2.72. The molecule has 5 saturated carbocycles. The number of benzene rings is 1. The quantitative estimate of drug-likeness (QED) is 0.199. The van der Waals surface area contributed by atoms with Crippen LogP contribution in [0.3, 0.4) is 0 Å². The highest BCUT2D eigenvalue weighted by Crippen LogP contribution is 2.77. The molecule has 6 aliphatic rings. The average Bonchev–Trinajstić information content (AvgIpc) is 3.63. The van der Waals surface area contributed by atoms with Crippen LogP contribution in [0, 0.1) is 56.7 Å². The van der Waals surface area contributed by atoms with E-state index >= 15 is 0 Å². The van der Waals surface area contributed by atoms with Gasteiger partial charge in [0.05, 0.1) is 5.41 Å². The van der Waals surface area contributed by atoms with E-state index in [0.717, 1.165) is 75.5 Å². The fourth-order valence-corrected chi connectivity index (χ4v) is 13.1. The fourth-order valence-electron chi connectivity index (χ4n) is 13.1. The van der Waals surface area contributed by atoms with E-state index in [2.05, 4.69) is 48.1 Å². The maximum absolute atomic E-state index is 13.2. The molecule has 5 fully saturated rings. The molecule has 1 N–H and O–H groups in total. The number of carboxylic acids is 1. The first kappa shape index (κ1) is 31.8. The Hall–Kier alpha value is -2.76. The van der Waals surface area contributed by atoms with Crippen molar-refractivity contribution in [2.24, 2.45) is 56.7 Å². The molecular weight excluding hydrogens is 576 g/mol. The number of carboxylic acid groups (broad SMARTS) is 1. The van der Waals surface area contributed by atoms with E-state index in [0.29, 0.717) is 29.4 Å². The zero-order chi connectivity index (χ0) is 32.9. The molecule has 7 rings (SSSR count). The summed E-state index contributed by atoms with van der Waals surface area (Å²) in [5, 5.41) is 10.7. The second-order valence-electron chi connectivity index (χ2n) is 17.4. The van der Waals surface area contributed by atoms with E-state index in [1.807, 2.05) is 18.2 Å². The van der Waals surface area contributed by atoms with Crippen LogP contribution in [0.5, 0.6) is 11.5 Å². The van der Waals surface area contributed by atoms with Gasteiger partial charge in [-0.15, -0.1) is 0 Å². The molecule has 6 heteroatoms.